The Kier molecular flexibility index (Phi) is 11.7. The topological polar surface area (TPSA) is 88.3 Å². The smallest absolute Gasteiger partial charge is 0.164 e. The van der Waals surface area contributed by atoms with Crippen molar-refractivity contribution >= 4 is 39.3 Å². The third-order valence-corrected chi connectivity index (χ3v) is 10.7. The molecule has 1 N–H and O–H groups in total. The summed E-state index contributed by atoms with van der Waals surface area (Å²) in [5.74, 6) is 1.53. The Morgan fingerprint density at radius 2 is 1.64 bits per heavy atom. The summed E-state index contributed by atoms with van der Waals surface area (Å²) >= 11 is 0. The molecule has 0 aliphatic heterocycles. The second kappa shape index (κ2) is 15.3. The van der Waals surface area contributed by atoms with Crippen LogP contribution in [0.25, 0.3) is 34.7 Å². The summed E-state index contributed by atoms with van der Waals surface area (Å²) in [6.45, 7) is 20.2. The number of hydrogen-bond donors (Lipinski definition) is 1. The molecule has 0 spiro atoms. The fourth-order valence-corrected chi connectivity index (χ4v) is 6.07. The van der Waals surface area contributed by atoms with Gasteiger partial charge in [-0.15, -0.1) is 0 Å². The molecule has 0 saturated heterocycles. The van der Waals surface area contributed by atoms with Crippen molar-refractivity contribution in [2.75, 3.05) is 26.9 Å². The summed E-state index contributed by atoms with van der Waals surface area (Å²) in [5, 5.41) is 8.38. The van der Waals surface area contributed by atoms with Crippen molar-refractivity contribution in [1.82, 2.24) is 29.6 Å². The van der Waals surface area contributed by atoms with Crippen LogP contribution in [0.4, 0.5) is 0 Å². The molecule has 4 aromatic rings. The maximum Gasteiger partial charge on any atom is 0.164 e. The van der Waals surface area contributed by atoms with Crippen molar-refractivity contribution in [3.63, 3.8) is 0 Å². The highest BCUT2D eigenvalue weighted by molar-refractivity contribution is 6.76. The predicted molar refractivity (Wildman–Crippen MR) is 186 cm³/mol. The Hall–Kier alpha value is -3.10. The molecule has 0 aliphatic rings. The van der Waals surface area contributed by atoms with Gasteiger partial charge < -0.3 is 19.5 Å². The van der Waals surface area contributed by atoms with Crippen LogP contribution in [-0.4, -0.2) is 67.3 Å². The van der Waals surface area contributed by atoms with Crippen molar-refractivity contribution in [2.24, 2.45) is 0 Å². The average molecular weight is 635 g/mol. The van der Waals surface area contributed by atoms with Crippen LogP contribution in [0.2, 0.25) is 51.4 Å². The van der Waals surface area contributed by atoms with Crippen molar-refractivity contribution in [1.29, 1.82) is 0 Å². The molecule has 0 aliphatic carbocycles. The minimum absolute atomic E-state index is 0.378. The van der Waals surface area contributed by atoms with E-state index in [0.717, 1.165) is 76.8 Å². The summed E-state index contributed by atoms with van der Waals surface area (Å²) in [5.41, 5.74) is 5.71. The van der Waals surface area contributed by atoms with Gasteiger partial charge in [0.05, 0.1) is 18.1 Å². The van der Waals surface area contributed by atoms with E-state index in [9.17, 15) is 0 Å². The third-order valence-electron chi connectivity index (χ3n) is 7.24. The molecular formula is C33H50N6O3Si2. The van der Waals surface area contributed by atoms with Gasteiger partial charge in [0, 0.05) is 66.1 Å². The van der Waals surface area contributed by atoms with Crippen molar-refractivity contribution in [3.05, 3.63) is 59.5 Å². The second-order valence-electron chi connectivity index (χ2n) is 13.6. The Balaban J connectivity index is 1.71. The summed E-state index contributed by atoms with van der Waals surface area (Å²) in [6, 6.07) is 10.3. The molecule has 4 rings (SSSR count). The van der Waals surface area contributed by atoms with E-state index >= 15 is 0 Å². The molecule has 0 radical (unpaired) electrons. The Morgan fingerprint density at radius 1 is 0.909 bits per heavy atom. The van der Waals surface area contributed by atoms with Gasteiger partial charge in [-0.05, 0) is 48.0 Å². The van der Waals surface area contributed by atoms with E-state index in [0.29, 0.717) is 20.1 Å². The Morgan fingerprint density at radius 3 is 2.32 bits per heavy atom. The molecule has 44 heavy (non-hydrogen) atoms. The van der Waals surface area contributed by atoms with Crippen molar-refractivity contribution in [2.45, 2.75) is 78.3 Å². The molecule has 0 amide bonds. The highest BCUT2D eigenvalue weighted by atomic mass is 28.3. The van der Waals surface area contributed by atoms with Gasteiger partial charge in [0.2, 0.25) is 0 Å². The molecule has 0 fully saturated rings. The molecule has 1 aromatic carbocycles. The van der Waals surface area contributed by atoms with Gasteiger partial charge in [0.1, 0.15) is 24.9 Å². The molecule has 0 bridgehead atoms. The Bertz CT molecular complexity index is 1530. The highest BCUT2D eigenvalue weighted by Gasteiger charge is 2.20. The zero-order valence-corrected chi connectivity index (χ0v) is 29.8. The first-order valence-electron chi connectivity index (χ1n) is 15.6. The average Bonchev–Trinajstić information content (AvgIpc) is 3.55. The maximum absolute atomic E-state index is 6.26. The highest BCUT2D eigenvalue weighted by Crippen LogP contribution is 2.30. The third kappa shape index (κ3) is 9.96. The number of rotatable bonds is 17. The lowest BCUT2D eigenvalue weighted by Crippen LogP contribution is -2.22. The molecule has 11 heteroatoms. The number of methoxy groups -OCH3 is 1. The molecule has 3 heterocycles. The molecule has 0 atom stereocenters. The fraction of sp³-hybridized carbons (Fsp3) is 0.485. The molecule has 3 aromatic heterocycles. The van der Waals surface area contributed by atoms with Crippen LogP contribution in [0.5, 0.6) is 5.75 Å². The SMILES string of the molecule is CCNCc1cncc(C=Cc2cn(COCC[Si](C)(C)C)nc2-c2nc3ccc(OC)cc3n2COCC[Si](C)(C)C)c1. The second-order valence-corrected chi connectivity index (χ2v) is 24.9. The lowest BCUT2D eigenvalue weighted by molar-refractivity contribution is 0.0786. The molecule has 238 valence electrons. The van der Waals surface area contributed by atoms with Crippen molar-refractivity contribution < 1.29 is 14.2 Å². The van der Waals surface area contributed by atoms with Gasteiger partial charge in [-0.25, -0.2) is 9.67 Å². The van der Waals surface area contributed by atoms with Crippen molar-refractivity contribution in [3.8, 4) is 17.3 Å². The number of nitrogens with one attached hydrogen (secondary N) is 1. The molecule has 0 unspecified atom stereocenters. The number of imidazole rings is 1. The summed E-state index contributed by atoms with van der Waals surface area (Å²) in [6.07, 6.45) is 9.99. The summed E-state index contributed by atoms with van der Waals surface area (Å²) in [4.78, 5) is 9.51. The van der Waals surface area contributed by atoms with E-state index < -0.39 is 16.1 Å². The predicted octanol–water partition coefficient (Wildman–Crippen LogP) is 7.21. The van der Waals surface area contributed by atoms with Gasteiger partial charge in [0.25, 0.3) is 0 Å². The van der Waals surface area contributed by atoms with Crippen LogP contribution in [0.1, 0.15) is 23.6 Å². The first-order valence-corrected chi connectivity index (χ1v) is 23.0. The van der Waals surface area contributed by atoms with Crippen LogP contribution in [0, 0.1) is 0 Å². The van der Waals surface area contributed by atoms with E-state index in [1.807, 2.05) is 41.5 Å². The molecular weight excluding hydrogens is 585 g/mol. The van der Waals surface area contributed by atoms with Crippen LogP contribution in [-0.2, 0) is 29.5 Å². The van der Waals surface area contributed by atoms with Gasteiger partial charge in [-0.1, -0.05) is 58.4 Å². The van der Waals surface area contributed by atoms with Gasteiger partial charge >= 0.3 is 0 Å². The van der Waals surface area contributed by atoms with E-state index in [2.05, 4.69) is 79.3 Å². The standard InChI is InChI=1S/C33H50N6O3Si2/c1-9-34-21-27-18-26(20-35-22-27)10-11-28-23-38(24-41-14-16-43(3,4)5)37-32(28)33-36-30-13-12-29(40-2)19-31(30)39(33)25-42-15-17-44(6,7)8/h10-13,18-20,22-23,34H,9,14-17,21,24-25H2,1-8H3. The van der Waals surface area contributed by atoms with Gasteiger partial charge in [-0.2, -0.15) is 5.10 Å². The van der Waals surface area contributed by atoms with Crippen LogP contribution < -0.4 is 10.1 Å². The zero-order valence-electron chi connectivity index (χ0n) is 27.8. The number of hydrogen-bond acceptors (Lipinski definition) is 7. The summed E-state index contributed by atoms with van der Waals surface area (Å²) < 4.78 is 21.9. The first kappa shape index (κ1) is 33.8. The number of fused-ring (bicyclic) bond motifs is 1. The van der Waals surface area contributed by atoms with E-state index in [1.54, 1.807) is 7.11 Å². The lowest BCUT2D eigenvalue weighted by Gasteiger charge is -2.16. The van der Waals surface area contributed by atoms with Gasteiger partial charge in [-0.3, -0.25) is 9.55 Å². The lowest BCUT2D eigenvalue weighted by atomic mass is 10.1. The number of aromatic nitrogens is 5. The largest absolute Gasteiger partial charge is 0.497 e. The van der Waals surface area contributed by atoms with E-state index in [4.69, 9.17) is 24.3 Å². The molecule has 0 saturated carbocycles. The quantitative estimate of drug-likeness (QED) is 0.0970. The number of nitrogens with zero attached hydrogens (tertiary/aromatic N) is 5. The zero-order chi connectivity index (χ0) is 31.7. The molecule has 9 nitrogen and oxygen atoms in total. The maximum atomic E-state index is 6.26. The number of ether oxygens (including phenoxy) is 3. The Labute approximate surface area is 264 Å². The first-order chi connectivity index (χ1) is 21.0. The van der Waals surface area contributed by atoms with E-state index in [-0.39, 0.29) is 0 Å². The van der Waals surface area contributed by atoms with E-state index in [1.165, 1.54) is 0 Å². The van der Waals surface area contributed by atoms with Crippen LogP contribution in [0.15, 0.2) is 42.9 Å². The monoisotopic (exact) mass is 634 g/mol. The number of benzene rings is 1. The minimum atomic E-state index is -1.23. The fourth-order valence-electron chi connectivity index (χ4n) is 4.56. The number of pyridine rings is 1. The summed E-state index contributed by atoms with van der Waals surface area (Å²) in [7, 11) is -0.737. The van der Waals surface area contributed by atoms with Crippen LogP contribution >= 0.6 is 0 Å². The van der Waals surface area contributed by atoms with Crippen LogP contribution in [0.3, 0.4) is 0 Å². The minimum Gasteiger partial charge on any atom is -0.497 e. The normalized spacial score (nSPS) is 12.5. The van der Waals surface area contributed by atoms with Gasteiger partial charge in [0.15, 0.2) is 5.82 Å².